The first kappa shape index (κ1) is 9.33. The zero-order chi connectivity index (χ0) is 9.14. The number of rotatable bonds is 2. The van der Waals surface area contributed by atoms with Crippen LogP contribution in [-0.2, 0) is 12.8 Å². The topological polar surface area (TPSA) is 38.9 Å². The fourth-order valence-electron chi connectivity index (χ4n) is 1.08. The summed E-state index contributed by atoms with van der Waals surface area (Å²) in [5.74, 6) is 0. The highest BCUT2D eigenvalue weighted by molar-refractivity contribution is 6.33. The van der Waals surface area contributed by atoms with Gasteiger partial charge < -0.3 is 5.73 Å². The van der Waals surface area contributed by atoms with Crippen molar-refractivity contribution in [3.05, 3.63) is 22.5 Å². The molecule has 0 atom stereocenters. The number of anilines is 1. The molecule has 0 radical (unpaired) electrons. The smallest absolute Gasteiger partial charge is 0.0850 e. The van der Waals surface area contributed by atoms with Crippen molar-refractivity contribution in [3.8, 4) is 0 Å². The van der Waals surface area contributed by atoms with Crippen LogP contribution in [0.5, 0.6) is 0 Å². The number of aryl methyl sites for hydroxylation is 2. The Labute approximate surface area is 77.8 Å². The molecule has 1 heterocycles. The lowest BCUT2D eigenvalue weighted by Crippen LogP contribution is -1.99. The molecule has 1 aromatic rings. The molecule has 66 valence electrons. The van der Waals surface area contributed by atoms with Gasteiger partial charge in [0.15, 0.2) is 0 Å². The summed E-state index contributed by atoms with van der Waals surface area (Å²) in [6, 6.07) is 1.83. The van der Waals surface area contributed by atoms with E-state index >= 15 is 0 Å². The summed E-state index contributed by atoms with van der Waals surface area (Å²) in [4.78, 5) is 4.36. The number of hydrogen-bond donors (Lipinski definition) is 1. The summed E-state index contributed by atoms with van der Waals surface area (Å²) >= 11 is 5.93. The monoisotopic (exact) mass is 184 g/mol. The van der Waals surface area contributed by atoms with Gasteiger partial charge in [0.1, 0.15) is 0 Å². The van der Waals surface area contributed by atoms with Crippen molar-refractivity contribution in [2.45, 2.75) is 26.7 Å². The van der Waals surface area contributed by atoms with E-state index in [1.54, 1.807) is 0 Å². The van der Waals surface area contributed by atoms with Gasteiger partial charge in [0, 0.05) is 5.69 Å². The summed E-state index contributed by atoms with van der Waals surface area (Å²) in [6.45, 7) is 4.07. The molecule has 0 aromatic carbocycles. The van der Waals surface area contributed by atoms with Gasteiger partial charge in [0.05, 0.1) is 16.4 Å². The lowest BCUT2D eigenvalue weighted by atomic mass is 10.2. The Hall–Kier alpha value is -0.760. The highest BCUT2D eigenvalue weighted by Crippen LogP contribution is 2.23. The molecule has 0 amide bonds. The largest absolute Gasteiger partial charge is 0.397 e. The van der Waals surface area contributed by atoms with Gasteiger partial charge in [-0.25, -0.2) is 0 Å². The lowest BCUT2D eigenvalue weighted by molar-refractivity contribution is 0.957. The number of hydrogen-bond acceptors (Lipinski definition) is 2. The molecule has 0 aliphatic rings. The van der Waals surface area contributed by atoms with Crippen molar-refractivity contribution in [1.29, 1.82) is 0 Å². The Balaban J connectivity index is 3.19. The van der Waals surface area contributed by atoms with Gasteiger partial charge >= 0.3 is 0 Å². The van der Waals surface area contributed by atoms with Crippen molar-refractivity contribution in [1.82, 2.24) is 4.98 Å². The highest BCUT2D eigenvalue weighted by Gasteiger charge is 2.05. The fourth-order valence-corrected chi connectivity index (χ4v) is 1.31. The summed E-state index contributed by atoms with van der Waals surface area (Å²) in [5.41, 5.74) is 8.24. The Morgan fingerprint density at radius 3 is 2.58 bits per heavy atom. The van der Waals surface area contributed by atoms with Crippen molar-refractivity contribution in [3.63, 3.8) is 0 Å². The van der Waals surface area contributed by atoms with Gasteiger partial charge in [-0.2, -0.15) is 0 Å². The lowest BCUT2D eigenvalue weighted by Gasteiger charge is -2.06. The van der Waals surface area contributed by atoms with E-state index in [0.29, 0.717) is 10.7 Å². The Morgan fingerprint density at radius 2 is 2.08 bits per heavy atom. The molecule has 0 aliphatic heterocycles. The zero-order valence-corrected chi connectivity index (χ0v) is 8.15. The third kappa shape index (κ3) is 1.69. The molecule has 0 fully saturated rings. The second kappa shape index (κ2) is 3.76. The molecule has 0 aliphatic carbocycles. The molecule has 2 N–H and O–H groups in total. The minimum absolute atomic E-state index is 0.606. The standard InChI is InChI=1S/C9H13ClN2/c1-3-6-5-7(11)9(10)8(4-2)12-6/h5H,3-4H2,1-2H3,(H2,11,12). The van der Waals surface area contributed by atoms with Crippen LogP contribution >= 0.6 is 11.6 Å². The van der Waals surface area contributed by atoms with Crippen molar-refractivity contribution >= 4 is 17.3 Å². The van der Waals surface area contributed by atoms with E-state index in [1.165, 1.54) is 0 Å². The van der Waals surface area contributed by atoms with E-state index in [4.69, 9.17) is 17.3 Å². The molecule has 0 unspecified atom stereocenters. The highest BCUT2D eigenvalue weighted by atomic mass is 35.5. The Bertz CT molecular complexity index is 284. The van der Waals surface area contributed by atoms with Gasteiger partial charge in [0.2, 0.25) is 0 Å². The first-order chi connectivity index (χ1) is 5.69. The van der Waals surface area contributed by atoms with Crippen molar-refractivity contribution in [2.24, 2.45) is 0 Å². The van der Waals surface area contributed by atoms with E-state index in [2.05, 4.69) is 11.9 Å². The first-order valence-electron chi connectivity index (χ1n) is 4.12. The van der Waals surface area contributed by atoms with Gasteiger partial charge in [-0.1, -0.05) is 25.4 Å². The van der Waals surface area contributed by atoms with Crippen molar-refractivity contribution < 1.29 is 0 Å². The van der Waals surface area contributed by atoms with Gasteiger partial charge in [-0.3, -0.25) is 4.98 Å². The van der Waals surface area contributed by atoms with Crippen LogP contribution in [0.25, 0.3) is 0 Å². The summed E-state index contributed by atoms with van der Waals surface area (Å²) < 4.78 is 0. The predicted octanol–water partition coefficient (Wildman–Crippen LogP) is 2.44. The number of nitrogen functional groups attached to an aromatic ring is 1. The van der Waals surface area contributed by atoms with Crippen LogP contribution in [-0.4, -0.2) is 4.98 Å². The number of nitrogens with zero attached hydrogens (tertiary/aromatic N) is 1. The minimum atomic E-state index is 0.606. The third-order valence-corrected chi connectivity index (χ3v) is 2.24. The molecule has 0 bridgehead atoms. The van der Waals surface area contributed by atoms with E-state index in [0.717, 1.165) is 24.2 Å². The quantitative estimate of drug-likeness (QED) is 0.767. The number of nitrogens with two attached hydrogens (primary N) is 1. The Morgan fingerprint density at radius 1 is 1.42 bits per heavy atom. The third-order valence-electron chi connectivity index (χ3n) is 1.80. The first-order valence-corrected chi connectivity index (χ1v) is 4.50. The molecular formula is C9H13ClN2. The number of halogens is 1. The normalized spacial score (nSPS) is 10.2. The second-order valence-electron chi connectivity index (χ2n) is 2.67. The van der Waals surface area contributed by atoms with Gasteiger partial charge in [-0.05, 0) is 18.9 Å². The van der Waals surface area contributed by atoms with E-state index < -0.39 is 0 Å². The molecule has 1 aromatic heterocycles. The molecule has 0 spiro atoms. The van der Waals surface area contributed by atoms with Gasteiger partial charge in [0.25, 0.3) is 0 Å². The minimum Gasteiger partial charge on any atom is -0.397 e. The Kier molecular flexibility index (Phi) is 2.93. The fraction of sp³-hybridized carbons (Fsp3) is 0.444. The molecule has 2 nitrogen and oxygen atoms in total. The number of pyridine rings is 1. The summed E-state index contributed by atoms with van der Waals surface area (Å²) in [6.07, 6.45) is 1.73. The second-order valence-corrected chi connectivity index (χ2v) is 3.05. The maximum absolute atomic E-state index is 5.93. The van der Waals surface area contributed by atoms with E-state index in [-0.39, 0.29) is 0 Å². The molecular weight excluding hydrogens is 172 g/mol. The SMILES string of the molecule is CCc1cc(N)c(Cl)c(CC)n1. The molecule has 1 rings (SSSR count). The molecule has 12 heavy (non-hydrogen) atoms. The van der Waals surface area contributed by atoms with Crippen LogP contribution in [0.1, 0.15) is 25.2 Å². The summed E-state index contributed by atoms with van der Waals surface area (Å²) in [5, 5.41) is 0.606. The van der Waals surface area contributed by atoms with Crippen LogP contribution in [0.3, 0.4) is 0 Å². The van der Waals surface area contributed by atoms with E-state index in [1.807, 2.05) is 13.0 Å². The van der Waals surface area contributed by atoms with Crippen molar-refractivity contribution in [2.75, 3.05) is 5.73 Å². The molecule has 0 saturated heterocycles. The zero-order valence-electron chi connectivity index (χ0n) is 7.39. The van der Waals surface area contributed by atoms with Gasteiger partial charge in [-0.15, -0.1) is 0 Å². The van der Waals surface area contributed by atoms with E-state index in [9.17, 15) is 0 Å². The molecule has 3 heteroatoms. The average Bonchev–Trinajstić information content (AvgIpc) is 2.09. The predicted molar refractivity (Wildman–Crippen MR) is 52.4 cm³/mol. The van der Waals surface area contributed by atoms with Crippen LogP contribution in [0, 0.1) is 0 Å². The van der Waals surface area contributed by atoms with Crippen LogP contribution in [0.15, 0.2) is 6.07 Å². The average molecular weight is 185 g/mol. The van der Waals surface area contributed by atoms with Crippen LogP contribution in [0.4, 0.5) is 5.69 Å². The van der Waals surface area contributed by atoms with Crippen LogP contribution < -0.4 is 5.73 Å². The maximum Gasteiger partial charge on any atom is 0.0850 e. The maximum atomic E-state index is 5.93. The van der Waals surface area contributed by atoms with Crippen LogP contribution in [0.2, 0.25) is 5.02 Å². The summed E-state index contributed by atoms with van der Waals surface area (Å²) in [7, 11) is 0. The number of aromatic nitrogens is 1. The molecule has 0 saturated carbocycles.